The van der Waals surface area contributed by atoms with Crippen molar-refractivity contribution in [3.8, 4) is 0 Å². The number of nitrogens with one attached hydrogen (secondary N) is 2. The Morgan fingerprint density at radius 3 is 2.56 bits per heavy atom. The first-order valence-corrected chi connectivity index (χ1v) is 11.9. The van der Waals surface area contributed by atoms with Gasteiger partial charge in [0.15, 0.2) is 0 Å². The van der Waals surface area contributed by atoms with Crippen LogP contribution in [0.5, 0.6) is 0 Å². The van der Waals surface area contributed by atoms with Crippen LogP contribution in [0, 0.1) is 5.92 Å². The predicted octanol–water partition coefficient (Wildman–Crippen LogP) is 2.15. The summed E-state index contributed by atoms with van der Waals surface area (Å²) >= 11 is 0. The highest BCUT2D eigenvalue weighted by Crippen LogP contribution is 2.33. The summed E-state index contributed by atoms with van der Waals surface area (Å²) < 4.78 is 10.5. The van der Waals surface area contributed by atoms with Crippen LogP contribution in [0.4, 0.5) is 4.79 Å². The number of aliphatic hydroxyl groups excluding tert-OH is 1. The maximum Gasteiger partial charge on any atom is 0.410 e. The van der Waals surface area contributed by atoms with Gasteiger partial charge in [-0.05, 0) is 58.6 Å². The molecule has 34 heavy (non-hydrogen) atoms. The Morgan fingerprint density at radius 1 is 1.24 bits per heavy atom. The minimum atomic E-state index is -0.923. The molecule has 0 spiro atoms. The first kappa shape index (κ1) is 26.0. The highest BCUT2D eigenvalue weighted by molar-refractivity contribution is 5.90. The van der Waals surface area contributed by atoms with E-state index in [1.807, 2.05) is 30.3 Å². The third-order valence-electron chi connectivity index (χ3n) is 6.40. The summed E-state index contributed by atoms with van der Waals surface area (Å²) in [4.78, 5) is 40.3. The fourth-order valence-corrected chi connectivity index (χ4v) is 4.69. The fraction of sp³-hybridized carbons (Fsp3) is 0.640. The Morgan fingerprint density at radius 2 is 1.94 bits per heavy atom. The molecule has 9 heteroatoms. The number of rotatable bonds is 6. The molecular formula is C25H37N3O6. The van der Waals surface area contributed by atoms with E-state index in [1.54, 1.807) is 20.8 Å². The van der Waals surface area contributed by atoms with Crippen LogP contribution in [-0.2, 0) is 19.1 Å². The van der Waals surface area contributed by atoms with E-state index in [9.17, 15) is 19.5 Å². The molecule has 2 aliphatic rings. The van der Waals surface area contributed by atoms with Gasteiger partial charge in [-0.3, -0.25) is 15.0 Å². The van der Waals surface area contributed by atoms with Crippen LogP contribution < -0.4 is 10.6 Å². The average molecular weight is 476 g/mol. The van der Waals surface area contributed by atoms with Crippen molar-refractivity contribution in [3.05, 3.63) is 35.9 Å². The second-order valence-electron chi connectivity index (χ2n) is 10.1. The van der Waals surface area contributed by atoms with Crippen molar-refractivity contribution in [3.63, 3.8) is 0 Å². The quantitative estimate of drug-likeness (QED) is 0.540. The van der Waals surface area contributed by atoms with E-state index >= 15 is 0 Å². The van der Waals surface area contributed by atoms with Crippen LogP contribution in [-0.4, -0.2) is 72.1 Å². The van der Waals surface area contributed by atoms with Crippen molar-refractivity contribution >= 4 is 18.0 Å². The minimum Gasteiger partial charge on any atom is -0.467 e. The molecule has 3 rings (SSSR count). The minimum absolute atomic E-state index is 0.0367. The summed E-state index contributed by atoms with van der Waals surface area (Å²) in [6.45, 7) is 6.39. The van der Waals surface area contributed by atoms with E-state index in [1.165, 1.54) is 12.0 Å². The smallest absolute Gasteiger partial charge is 0.410 e. The van der Waals surface area contributed by atoms with Gasteiger partial charge in [-0.1, -0.05) is 30.3 Å². The number of piperidine rings is 1. The van der Waals surface area contributed by atoms with E-state index in [0.717, 1.165) is 18.4 Å². The van der Waals surface area contributed by atoms with Crippen LogP contribution in [0.3, 0.4) is 0 Å². The van der Waals surface area contributed by atoms with Gasteiger partial charge in [0.05, 0.1) is 7.11 Å². The molecule has 3 N–H and O–H groups in total. The van der Waals surface area contributed by atoms with Crippen molar-refractivity contribution in [1.82, 2.24) is 15.5 Å². The Balaban J connectivity index is 1.78. The van der Waals surface area contributed by atoms with E-state index in [2.05, 4.69) is 10.6 Å². The molecule has 2 fully saturated rings. The number of hydrogen-bond acceptors (Lipinski definition) is 7. The Hall–Kier alpha value is -2.65. The van der Waals surface area contributed by atoms with Gasteiger partial charge in [-0.15, -0.1) is 0 Å². The number of hydrogen-bond donors (Lipinski definition) is 3. The summed E-state index contributed by atoms with van der Waals surface area (Å²) in [7, 11) is 1.27. The Labute approximate surface area is 201 Å². The van der Waals surface area contributed by atoms with Crippen LogP contribution in [0.1, 0.15) is 57.9 Å². The van der Waals surface area contributed by atoms with Gasteiger partial charge < -0.3 is 19.9 Å². The van der Waals surface area contributed by atoms with Gasteiger partial charge in [0.1, 0.15) is 23.9 Å². The number of ether oxygens (including phenoxy) is 2. The predicted molar refractivity (Wildman–Crippen MR) is 126 cm³/mol. The molecule has 9 nitrogen and oxygen atoms in total. The average Bonchev–Trinajstić information content (AvgIpc) is 3.25. The topological polar surface area (TPSA) is 117 Å². The Bertz CT molecular complexity index is 856. The number of amides is 2. The lowest BCUT2D eigenvalue weighted by Gasteiger charge is -2.32. The number of likely N-dealkylation sites (tertiary alicyclic amines) is 1. The first-order valence-electron chi connectivity index (χ1n) is 11.9. The largest absolute Gasteiger partial charge is 0.467 e. The lowest BCUT2D eigenvalue weighted by atomic mass is 9.90. The molecule has 0 saturated carbocycles. The van der Waals surface area contributed by atoms with E-state index in [0.29, 0.717) is 19.5 Å². The maximum absolute atomic E-state index is 13.4. The molecule has 1 aromatic carbocycles. The zero-order valence-corrected chi connectivity index (χ0v) is 20.5. The third kappa shape index (κ3) is 6.70. The van der Waals surface area contributed by atoms with Gasteiger partial charge in [0, 0.05) is 18.4 Å². The van der Waals surface area contributed by atoms with Gasteiger partial charge in [-0.2, -0.15) is 0 Å². The summed E-state index contributed by atoms with van der Waals surface area (Å²) in [6, 6.07) is 8.02. The molecule has 2 aliphatic heterocycles. The van der Waals surface area contributed by atoms with Gasteiger partial charge in [-0.25, -0.2) is 9.59 Å². The number of methoxy groups -OCH3 is 1. The van der Waals surface area contributed by atoms with Crippen molar-refractivity contribution in [1.29, 1.82) is 0 Å². The lowest BCUT2D eigenvalue weighted by Crippen LogP contribution is -2.53. The highest BCUT2D eigenvalue weighted by Gasteiger charge is 2.43. The van der Waals surface area contributed by atoms with Gasteiger partial charge >= 0.3 is 12.1 Å². The molecule has 0 radical (unpaired) electrons. The summed E-state index contributed by atoms with van der Waals surface area (Å²) in [5.74, 6) is -1.24. The van der Waals surface area contributed by atoms with Gasteiger partial charge in [0.25, 0.3) is 0 Å². The molecule has 0 bridgehead atoms. The first-order chi connectivity index (χ1) is 16.1. The monoisotopic (exact) mass is 475 g/mol. The molecule has 1 aromatic rings. The van der Waals surface area contributed by atoms with Crippen molar-refractivity contribution in [2.24, 2.45) is 5.92 Å². The van der Waals surface area contributed by atoms with Crippen LogP contribution in [0.25, 0.3) is 0 Å². The zero-order chi connectivity index (χ0) is 24.9. The molecule has 2 amide bonds. The number of esters is 1. The normalized spacial score (nSPS) is 26.0. The third-order valence-corrected chi connectivity index (χ3v) is 6.40. The zero-order valence-electron chi connectivity index (χ0n) is 20.5. The molecule has 0 aromatic heterocycles. The number of aliphatic hydroxyl groups is 1. The van der Waals surface area contributed by atoms with Gasteiger partial charge in [0.2, 0.25) is 5.91 Å². The van der Waals surface area contributed by atoms with E-state index in [4.69, 9.17) is 9.47 Å². The van der Waals surface area contributed by atoms with Crippen molar-refractivity contribution in [2.75, 3.05) is 20.2 Å². The molecule has 188 valence electrons. The lowest BCUT2D eigenvalue weighted by molar-refractivity contribution is -0.146. The van der Waals surface area contributed by atoms with Crippen LogP contribution in [0.15, 0.2) is 30.3 Å². The SMILES string of the molecule is COC(=O)[C@H](C[C@@H]1CCCNC1O)NC(=O)[C@@H]1C[C@@H](c2ccccc2)CN1C(=O)OC(C)(C)C. The highest BCUT2D eigenvalue weighted by atomic mass is 16.6. The summed E-state index contributed by atoms with van der Waals surface area (Å²) in [5, 5.41) is 16.0. The number of benzene rings is 1. The van der Waals surface area contributed by atoms with E-state index < -0.39 is 41.9 Å². The summed E-state index contributed by atoms with van der Waals surface area (Å²) in [6.07, 6.45) is 0.959. The molecule has 0 aliphatic carbocycles. The summed E-state index contributed by atoms with van der Waals surface area (Å²) in [5.41, 5.74) is 0.328. The second-order valence-corrected chi connectivity index (χ2v) is 10.1. The van der Waals surface area contributed by atoms with Crippen LogP contribution in [0.2, 0.25) is 0 Å². The molecule has 1 unspecified atom stereocenters. The van der Waals surface area contributed by atoms with Crippen molar-refractivity contribution in [2.45, 2.75) is 76.3 Å². The molecular weight excluding hydrogens is 438 g/mol. The fourth-order valence-electron chi connectivity index (χ4n) is 4.69. The molecule has 5 atom stereocenters. The maximum atomic E-state index is 13.4. The molecule has 2 heterocycles. The van der Waals surface area contributed by atoms with Crippen LogP contribution >= 0.6 is 0 Å². The molecule has 2 saturated heterocycles. The number of carbonyl (C=O) groups excluding carboxylic acids is 3. The Kier molecular flexibility index (Phi) is 8.54. The van der Waals surface area contributed by atoms with E-state index in [-0.39, 0.29) is 18.3 Å². The van der Waals surface area contributed by atoms with Crippen molar-refractivity contribution < 1.29 is 29.0 Å². The second kappa shape index (κ2) is 11.2. The number of nitrogens with zero attached hydrogens (tertiary/aromatic N) is 1. The number of carbonyl (C=O) groups is 3. The standard InChI is InChI=1S/C25H37N3O6/c1-25(2,3)34-24(32)28-15-18(16-9-6-5-7-10-16)14-20(28)22(30)27-19(23(31)33-4)13-17-11-8-12-26-21(17)29/h5-7,9-10,17-21,26,29H,8,11-15H2,1-4H3,(H,27,30)/t17-,18+,19-,20-,21?/m0/s1.